The van der Waals surface area contributed by atoms with Gasteiger partial charge in [-0.15, -0.1) is 16.9 Å². The fourth-order valence-corrected chi connectivity index (χ4v) is 4.80. The van der Waals surface area contributed by atoms with Crippen LogP contribution < -0.4 is 5.32 Å². The van der Waals surface area contributed by atoms with Gasteiger partial charge >= 0.3 is 6.01 Å². The van der Waals surface area contributed by atoms with Gasteiger partial charge in [0.1, 0.15) is 0 Å². The summed E-state index contributed by atoms with van der Waals surface area (Å²) in [5.74, 6) is 0.729. The molecule has 1 amide bonds. The number of carbonyl (C=O) groups is 1. The number of aryl methyl sites for hydroxylation is 1. The van der Waals surface area contributed by atoms with Gasteiger partial charge in [0, 0.05) is 35.7 Å². The zero-order valence-electron chi connectivity index (χ0n) is 17.5. The number of hydrogen-bond acceptors (Lipinski definition) is 7. The predicted molar refractivity (Wildman–Crippen MR) is 120 cm³/mol. The van der Waals surface area contributed by atoms with Gasteiger partial charge in [-0.1, -0.05) is 23.3 Å². The van der Waals surface area contributed by atoms with Crippen LogP contribution in [0.5, 0.6) is 0 Å². The first-order chi connectivity index (χ1) is 14.8. The molecule has 0 atom stereocenters. The number of amides is 1. The van der Waals surface area contributed by atoms with E-state index in [0.29, 0.717) is 12.3 Å². The van der Waals surface area contributed by atoms with Crippen molar-refractivity contribution in [1.29, 1.82) is 0 Å². The Labute approximate surface area is 186 Å². The second-order valence-electron chi connectivity index (χ2n) is 7.01. The molecule has 1 heterocycles. The lowest BCUT2D eigenvalue weighted by Crippen LogP contribution is -2.33. The molecule has 164 valence electrons. The van der Waals surface area contributed by atoms with Crippen LogP contribution in [-0.4, -0.2) is 47.7 Å². The summed E-state index contributed by atoms with van der Waals surface area (Å²) in [5.41, 5.74) is 0.283. The lowest BCUT2D eigenvalue weighted by molar-refractivity contribution is 0.102. The first kappa shape index (κ1) is 23.0. The lowest BCUT2D eigenvalue weighted by atomic mass is 10.2. The number of hydrogen-bond donors (Lipinski definition) is 1. The van der Waals surface area contributed by atoms with Gasteiger partial charge in [-0.2, -0.15) is 4.31 Å². The molecule has 0 spiro atoms. The van der Waals surface area contributed by atoms with Crippen molar-refractivity contribution < 1.29 is 17.6 Å². The van der Waals surface area contributed by atoms with Crippen molar-refractivity contribution in [2.24, 2.45) is 0 Å². The van der Waals surface area contributed by atoms with Crippen molar-refractivity contribution in [3.8, 4) is 0 Å². The quantitative estimate of drug-likeness (QED) is 0.486. The summed E-state index contributed by atoms with van der Waals surface area (Å²) < 4.78 is 31.8. The number of aromatic nitrogens is 2. The fourth-order valence-electron chi connectivity index (χ4n) is 2.57. The van der Waals surface area contributed by atoms with E-state index in [-0.39, 0.29) is 22.5 Å². The summed E-state index contributed by atoms with van der Waals surface area (Å²) in [7, 11) is -2.09. The third-order valence-corrected chi connectivity index (χ3v) is 7.60. The molecule has 0 radical (unpaired) electrons. The molecule has 0 aliphatic carbocycles. The van der Waals surface area contributed by atoms with E-state index in [2.05, 4.69) is 15.5 Å². The van der Waals surface area contributed by atoms with E-state index in [9.17, 15) is 13.2 Å². The Kier molecular flexibility index (Phi) is 7.47. The molecule has 0 aliphatic heterocycles. The molecule has 3 aromatic rings. The van der Waals surface area contributed by atoms with E-state index in [1.165, 1.54) is 35.6 Å². The van der Waals surface area contributed by atoms with Crippen molar-refractivity contribution in [3.63, 3.8) is 0 Å². The first-order valence-electron chi connectivity index (χ1n) is 9.67. The smallest absolute Gasteiger partial charge is 0.322 e. The normalized spacial score (nSPS) is 11.8. The van der Waals surface area contributed by atoms with Gasteiger partial charge in [-0.3, -0.25) is 10.1 Å². The Hall–Kier alpha value is -2.69. The van der Waals surface area contributed by atoms with Gasteiger partial charge in [0.2, 0.25) is 15.9 Å². The fraction of sp³-hybridized carbons (Fsp3) is 0.286. The lowest BCUT2D eigenvalue weighted by Gasteiger charge is -2.20. The van der Waals surface area contributed by atoms with Gasteiger partial charge in [-0.25, -0.2) is 8.42 Å². The van der Waals surface area contributed by atoms with Crippen LogP contribution in [0, 0.1) is 0 Å². The largest absolute Gasteiger partial charge is 0.408 e. The van der Waals surface area contributed by atoms with Crippen LogP contribution in [0.15, 0.2) is 68.8 Å². The van der Waals surface area contributed by atoms with Crippen LogP contribution in [0.4, 0.5) is 6.01 Å². The second-order valence-corrected chi connectivity index (χ2v) is 10.2. The summed E-state index contributed by atoms with van der Waals surface area (Å²) in [5, 5.41) is 10.3. The van der Waals surface area contributed by atoms with E-state index in [1.807, 2.05) is 30.3 Å². The Morgan fingerprint density at radius 2 is 1.77 bits per heavy atom. The Morgan fingerprint density at radius 3 is 2.42 bits per heavy atom. The average molecular weight is 461 g/mol. The minimum Gasteiger partial charge on any atom is -0.408 e. The Bertz CT molecular complexity index is 1110. The number of nitrogens with one attached hydrogen (secondary N) is 1. The van der Waals surface area contributed by atoms with E-state index in [4.69, 9.17) is 4.42 Å². The third-order valence-electron chi connectivity index (χ3n) is 4.54. The Balaban J connectivity index is 1.57. The van der Waals surface area contributed by atoms with Gasteiger partial charge in [0.25, 0.3) is 5.91 Å². The van der Waals surface area contributed by atoms with Crippen LogP contribution in [0.25, 0.3) is 0 Å². The van der Waals surface area contributed by atoms with Crippen molar-refractivity contribution in [2.75, 3.05) is 18.1 Å². The molecule has 31 heavy (non-hydrogen) atoms. The molecule has 3 rings (SSSR count). The summed E-state index contributed by atoms with van der Waals surface area (Å²) in [6, 6.07) is 15.5. The van der Waals surface area contributed by atoms with Crippen LogP contribution in [0.3, 0.4) is 0 Å². The molecular formula is C21H24N4O4S2. The zero-order valence-corrected chi connectivity index (χ0v) is 19.1. The SMILES string of the molecule is CC(C)N(C)S(=O)(=O)c1ccc(C(=O)Nc2nnc(CCSc3ccccc3)o2)cc1. The molecule has 0 fully saturated rings. The minimum absolute atomic E-state index is 0.000880. The summed E-state index contributed by atoms with van der Waals surface area (Å²) >= 11 is 1.67. The minimum atomic E-state index is -3.61. The molecular weight excluding hydrogens is 436 g/mol. The van der Waals surface area contributed by atoms with Crippen LogP contribution >= 0.6 is 11.8 Å². The standard InChI is InChI=1S/C21H24N4O4S2/c1-15(2)25(3)31(27,28)18-11-9-16(10-12-18)20(26)22-21-24-23-19(29-21)13-14-30-17-7-5-4-6-8-17/h4-12,15H,13-14H2,1-3H3,(H,22,24,26). The second kappa shape index (κ2) is 10.1. The molecule has 0 unspecified atom stereocenters. The topological polar surface area (TPSA) is 105 Å². The molecule has 8 nitrogen and oxygen atoms in total. The van der Waals surface area contributed by atoms with Crippen LogP contribution in [0.2, 0.25) is 0 Å². The highest BCUT2D eigenvalue weighted by Crippen LogP contribution is 2.20. The number of thioether (sulfide) groups is 1. The van der Waals surface area contributed by atoms with Crippen molar-refractivity contribution in [1.82, 2.24) is 14.5 Å². The summed E-state index contributed by atoms with van der Waals surface area (Å²) in [6.45, 7) is 3.58. The van der Waals surface area contributed by atoms with Crippen LogP contribution in [0.1, 0.15) is 30.1 Å². The highest BCUT2D eigenvalue weighted by Gasteiger charge is 2.23. The highest BCUT2D eigenvalue weighted by atomic mass is 32.2. The average Bonchev–Trinajstić information content (AvgIpc) is 3.21. The summed E-state index contributed by atoms with van der Waals surface area (Å²) in [6.07, 6.45) is 0.568. The number of benzene rings is 2. The van der Waals surface area contributed by atoms with Gasteiger partial charge in [0.05, 0.1) is 4.90 Å². The van der Waals surface area contributed by atoms with Crippen molar-refractivity contribution in [3.05, 3.63) is 66.1 Å². The molecule has 0 aliphatic rings. The van der Waals surface area contributed by atoms with Gasteiger partial charge in [0.15, 0.2) is 0 Å². The zero-order chi connectivity index (χ0) is 22.4. The van der Waals surface area contributed by atoms with Crippen LogP contribution in [-0.2, 0) is 16.4 Å². The van der Waals surface area contributed by atoms with Crippen molar-refractivity contribution >= 4 is 33.7 Å². The Morgan fingerprint density at radius 1 is 1.10 bits per heavy atom. The van der Waals surface area contributed by atoms with Crippen molar-refractivity contribution in [2.45, 2.75) is 36.1 Å². The van der Waals surface area contributed by atoms with E-state index in [0.717, 1.165) is 10.6 Å². The molecule has 0 saturated carbocycles. The molecule has 0 bridgehead atoms. The monoisotopic (exact) mass is 460 g/mol. The third kappa shape index (κ3) is 5.93. The number of rotatable bonds is 9. The summed E-state index contributed by atoms with van der Waals surface area (Å²) in [4.78, 5) is 13.7. The molecule has 2 aromatic carbocycles. The molecule has 10 heteroatoms. The molecule has 1 N–H and O–H groups in total. The number of carbonyl (C=O) groups excluding carboxylic acids is 1. The maximum Gasteiger partial charge on any atom is 0.322 e. The first-order valence-corrected chi connectivity index (χ1v) is 12.1. The van der Waals surface area contributed by atoms with E-state index < -0.39 is 15.9 Å². The predicted octanol–water partition coefficient (Wildman–Crippen LogP) is 3.69. The van der Waals surface area contributed by atoms with E-state index in [1.54, 1.807) is 25.6 Å². The maximum atomic E-state index is 12.5. The number of anilines is 1. The molecule has 1 aromatic heterocycles. The number of sulfonamides is 1. The van der Waals surface area contributed by atoms with Gasteiger partial charge < -0.3 is 4.42 Å². The van der Waals surface area contributed by atoms with Gasteiger partial charge in [-0.05, 0) is 50.2 Å². The number of nitrogens with zero attached hydrogens (tertiary/aromatic N) is 3. The van der Waals surface area contributed by atoms with E-state index >= 15 is 0 Å². The maximum absolute atomic E-state index is 12.5. The highest BCUT2D eigenvalue weighted by molar-refractivity contribution is 7.99. The molecule has 0 saturated heterocycles.